The van der Waals surface area contributed by atoms with Crippen LogP contribution in [0, 0.1) is 19.3 Å². The van der Waals surface area contributed by atoms with Crippen LogP contribution in [0.3, 0.4) is 0 Å². The van der Waals surface area contributed by atoms with E-state index in [0.29, 0.717) is 0 Å². The van der Waals surface area contributed by atoms with Gasteiger partial charge in [0.25, 0.3) is 0 Å². The molecule has 1 nitrogen and oxygen atoms in total. The number of halogens is 1. The van der Waals surface area contributed by atoms with Crippen LogP contribution in [0.1, 0.15) is 30.5 Å². The Morgan fingerprint density at radius 2 is 2.27 bits per heavy atom. The van der Waals surface area contributed by atoms with Gasteiger partial charge in [0.1, 0.15) is 0 Å². The average Bonchev–Trinajstić information content (AvgIpc) is 2.24. The van der Waals surface area contributed by atoms with E-state index < -0.39 is 0 Å². The highest BCUT2D eigenvalue weighted by Crippen LogP contribution is 2.21. The highest BCUT2D eigenvalue weighted by atomic mass is 79.9. The van der Waals surface area contributed by atoms with Gasteiger partial charge in [0.05, 0.1) is 6.04 Å². The van der Waals surface area contributed by atoms with E-state index in [0.717, 1.165) is 17.4 Å². The third-order valence-electron chi connectivity index (χ3n) is 2.32. The Morgan fingerprint density at radius 3 is 2.87 bits per heavy atom. The molecule has 0 fully saturated rings. The molecule has 0 aliphatic carbocycles. The summed E-state index contributed by atoms with van der Waals surface area (Å²) in [5.74, 6) is 2.79. The molecule has 80 valence electrons. The van der Waals surface area contributed by atoms with Gasteiger partial charge in [0.2, 0.25) is 0 Å². The molecule has 1 atom stereocenters. The van der Waals surface area contributed by atoms with Gasteiger partial charge in [-0.1, -0.05) is 34.8 Å². The van der Waals surface area contributed by atoms with Gasteiger partial charge in [0.15, 0.2) is 0 Å². The average molecular weight is 266 g/mol. The standard InChI is InChI=1S/C13H16BrN/c1-4-8-15-13(5-2)12-9-11(14)7-6-10(12)3/h2,6-7,9,13,15H,4,8H2,1,3H3. The van der Waals surface area contributed by atoms with Gasteiger partial charge in [-0.05, 0) is 43.1 Å². The molecule has 0 amide bonds. The fourth-order valence-electron chi connectivity index (χ4n) is 1.47. The maximum absolute atomic E-state index is 5.54. The molecule has 15 heavy (non-hydrogen) atoms. The molecule has 2 heteroatoms. The van der Waals surface area contributed by atoms with Gasteiger partial charge < -0.3 is 0 Å². The van der Waals surface area contributed by atoms with E-state index in [1.807, 2.05) is 6.07 Å². The summed E-state index contributed by atoms with van der Waals surface area (Å²) in [6, 6.07) is 6.22. The van der Waals surface area contributed by atoms with Crippen molar-refractivity contribution < 1.29 is 0 Å². The summed E-state index contributed by atoms with van der Waals surface area (Å²) < 4.78 is 1.07. The molecule has 0 radical (unpaired) electrons. The van der Waals surface area contributed by atoms with Crippen LogP contribution in [0.25, 0.3) is 0 Å². The fourth-order valence-corrected chi connectivity index (χ4v) is 1.85. The summed E-state index contributed by atoms with van der Waals surface area (Å²) in [5, 5.41) is 3.35. The Balaban J connectivity index is 2.91. The van der Waals surface area contributed by atoms with Gasteiger partial charge >= 0.3 is 0 Å². The predicted octanol–water partition coefficient (Wildman–Crippen LogP) is 3.43. The maximum Gasteiger partial charge on any atom is 0.0946 e. The van der Waals surface area contributed by atoms with Crippen LogP contribution < -0.4 is 5.32 Å². The second-order valence-electron chi connectivity index (χ2n) is 3.55. The summed E-state index contributed by atoms with van der Waals surface area (Å²) in [5.41, 5.74) is 2.41. The number of hydrogen-bond acceptors (Lipinski definition) is 1. The number of hydrogen-bond donors (Lipinski definition) is 1. The molecular weight excluding hydrogens is 250 g/mol. The number of nitrogens with one attached hydrogen (secondary N) is 1. The molecule has 0 heterocycles. The van der Waals surface area contributed by atoms with E-state index in [4.69, 9.17) is 6.42 Å². The zero-order chi connectivity index (χ0) is 11.3. The second kappa shape index (κ2) is 5.95. The Kier molecular flexibility index (Phi) is 4.87. The first-order valence-electron chi connectivity index (χ1n) is 5.14. The lowest BCUT2D eigenvalue weighted by atomic mass is 10.0. The molecule has 1 aromatic rings. The van der Waals surface area contributed by atoms with Crippen LogP contribution in [0.4, 0.5) is 0 Å². The van der Waals surface area contributed by atoms with Crippen molar-refractivity contribution in [1.29, 1.82) is 0 Å². The molecule has 0 bridgehead atoms. The van der Waals surface area contributed by atoms with Gasteiger partial charge in [-0.2, -0.15) is 0 Å². The Bertz CT molecular complexity index is 365. The molecule has 1 N–H and O–H groups in total. The van der Waals surface area contributed by atoms with Crippen LogP contribution in [0.5, 0.6) is 0 Å². The Morgan fingerprint density at radius 1 is 1.53 bits per heavy atom. The summed E-state index contributed by atoms with van der Waals surface area (Å²) >= 11 is 3.47. The first kappa shape index (κ1) is 12.3. The van der Waals surface area contributed by atoms with Crippen molar-refractivity contribution >= 4 is 15.9 Å². The van der Waals surface area contributed by atoms with Crippen LogP contribution in [0.2, 0.25) is 0 Å². The molecule has 0 aliphatic rings. The van der Waals surface area contributed by atoms with Crippen LogP contribution in [-0.4, -0.2) is 6.54 Å². The van der Waals surface area contributed by atoms with Gasteiger partial charge in [0, 0.05) is 4.47 Å². The minimum atomic E-state index is 0.0162. The number of terminal acetylenes is 1. The summed E-state index contributed by atoms with van der Waals surface area (Å²) in [7, 11) is 0. The summed E-state index contributed by atoms with van der Waals surface area (Å²) in [4.78, 5) is 0. The third-order valence-corrected chi connectivity index (χ3v) is 2.81. The molecular formula is C13H16BrN. The highest BCUT2D eigenvalue weighted by molar-refractivity contribution is 9.10. The highest BCUT2D eigenvalue weighted by Gasteiger charge is 2.09. The van der Waals surface area contributed by atoms with Crippen molar-refractivity contribution in [2.75, 3.05) is 6.54 Å². The van der Waals surface area contributed by atoms with Crippen molar-refractivity contribution in [1.82, 2.24) is 5.32 Å². The van der Waals surface area contributed by atoms with Crippen molar-refractivity contribution in [2.24, 2.45) is 0 Å². The second-order valence-corrected chi connectivity index (χ2v) is 4.47. The lowest BCUT2D eigenvalue weighted by Crippen LogP contribution is -2.21. The lowest BCUT2D eigenvalue weighted by molar-refractivity contribution is 0.624. The zero-order valence-electron chi connectivity index (χ0n) is 9.18. The van der Waals surface area contributed by atoms with E-state index in [2.05, 4.69) is 53.1 Å². The fraction of sp³-hybridized carbons (Fsp3) is 0.385. The normalized spacial score (nSPS) is 12.1. The molecule has 1 rings (SSSR count). The van der Waals surface area contributed by atoms with Gasteiger partial charge in [-0.3, -0.25) is 5.32 Å². The molecule has 1 aromatic carbocycles. The van der Waals surface area contributed by atoms with Crippen molar-refractivity contribution in [3.63, 3.8) is 0 Å². The summed E-state index contributed by atoms with van der Waals surface area (Å²) in [6.45, 7) is 5.16. The Labute approximate surface area is 100 Å². The maximum atomic E-state index is 5.54. The van der Waals surface area contributed by atoms with Crippen molar-refractivity contribution in [3.05, 3.63) is 33.8 Å². The number of benzene rings is 1. The summed E-state index contributed by atoms with van der Waals surface area (Å²) in [6.07, 6.45) is 6.63. The zero-order valence-corrected chi connectivity index (χ0v) is 10.8. The smallest absolute Gasteiger partial charge is 0.0946 e. The van der Waals surface area contributed by atoms with Gasteiger partial charge in [-0.15, -0.1) is 6.42 Å². The molecule has 0 aliphatic heterocycles. The first-order chi connectivity index (χ1) is 7.19. The first-order valence-corrected chi connectivity index (χ1v) is 5.94. The minimum absolute atomic E-state index is 0.0162. The van der Waals surface area contributed by atoms with E-state index in [1.54, 1.807) is 0 Å². The molecule has 0 saturated carbocycles. The largest absolute Gasteiger partial charge is 0.300 e. The monoisotopic (exact) mass is 265 g/mol. The van der Waals surface area contributed by atoms with E-state index >= 15 is 0 Å². The SMILES string of the molecule is C#CC(NCCC)c1cc(Br)ccc1C. The molecule has 0 spiro atoms. The Hall–Kier alpha value is -0.780. The molecule has 1 unspecified atom stereocenters. The molecule has 0 saturated heterocycles. The van der Waals surface area contributed by atoms with Crippen molar-refractivity contribution in [2.45, 2.75) is 26.3 Å². The van der Waals surface area contributed by atoms with Crippen LogP contribution in [0.15, 0.2) is 22.7 Å². The van der Waals surface area contributed by atoms with Crippen molar-refractivity contribution in [3.8, 4) is 12.3 Å². The van der Waals surface area contributed by atoms with Crippen LogP contribution in [-0.2, 0) is 0 Å². The minimum Gasteiger partial charge on any atom is -0.300 e. The van der Waals surface area contributed by atoms with E-state index in [9.17, 15) is 0 Å². The lowest BCUT2D eigenvalue weighted by Gasteiger charge is -2.15. The quantitative estimate of drug-likeness (QED) is 0.823. The molecule has 0 aromatic heterocycles. The number of aryl methyl sites for hydroxylation is 1. The van der Waals surface area contributed by atoms with Crippen LogP contribution >= 0.6 is 15.9 Å². The van der Waals surface area contributed by atoms with E-state index in [1.165, 1.54) is 11.1 Å². The predicted molar refractivity (Wildman–Crippen MR) is 68.7 cm³/mol. The van der Waals surface area contributed by atoms with E-state index in [-0.39, 0.29) is 6.04 Å². The third kappa shape index (κ3) is 3.37. The topological polar surface area (TPSA) is 12.0 Å². The number of rotatable bonds is 4. The van der Waals surface area contributed by atoms with Gasteiger partial charge in [-0.25, -0.2) is 0 Å².